The lowest BCUT2D eigenvalue weighted by Crippen LogP contribution is -2.31. The molecule has 0 bridgehead atoms. The van der Waals surface area contributed by atoms with Crippen molar-refractivity contribution in [2.75, 3.05) is 4.72 Å². The van der Waals surface area contributed by atoms with Crippen LogP contribution in [0.15, 0.2) is 53.4 Å². The quantitative estimate of drug-likeness (QED) is 0.819. The zero-order valence-corrected chi connectivity index (χ0v) is 15.0. The highest BCUT2D eigenvalue weighted by Gasteiger charge is 2.16. The van der Waals surface area contributed by atoms with E-state index in [0.29, 0.717) is 5.56 Å². The van der Waals surface area contributed by atoms with Gasteiger partial charge in [-0.15, -0.1) is 0 Å². The summed E-state index contributed by atoms with van der Waals surface area (Å²) >= 11 is 6.13. The fraction of sp³-hybridized carbons (Fsp3) is 0.235. The molecule has 0 aromatic heterocycles. The van der Waals surface area contributed by atoms with Crippen LogP contribution in [0.1, 0.15) is 30.6 Å². The number of carbonyl (C=O) groups is 1. The number of carbonyl (C=O) groups excluding carboxylic acids is 1. The Hall–Kier alpha value is -2.05. The summed E-state index contributed by atoms with van der Waals surface area (Å²) in [5.74, 6) is -0.247. The van der Waals surface area contributed by atoms with Gasteiger partial charge in [-0.2, -0.15) is 0 Å². The highest BCUT2D eigenvalue weighted by molar-refractivity contribution is 7.92. The summed E-state index contributed by atoms with van der Waals surface area (Å²) in [4.78, 5) is 12.2. The van der Waals surface area contributed by atoms with Crippen molar-refractivity contribution in [3.63, 3.8) is 0 Å². The summed E-state index contributed by atoms with van der Waals surface area (Å²) < 4.78 is 27.0. The molecular formula is C17H19ClN2O3S. The molecule has 2 rings (SSSR count). The third kappa shape index (κ3) is 4.49. The minimum atomic E-state index is -3.73. The van der Waals surface area contributed by atoms with Crippen molar-refractivity contribution in [2.45, 2.75) is 31.2 Å². The van der Waals surface area contributed by atoms with Crippen LogP contribution in [-0.2, 0) is 10.0 Å². The van der Waals surface area contributed by atoms with Gasteiger partial charge in [-0.05, 0) is 43.7 Å². The molecule has 2 aromatic rings. The number of anilines is 1. The van der Waals surface area contributed by atoms with E-state index >= 15 is 0 Å². The number of halogens is 1. The number of nitrogens with one attached hydrogen (secondary N) is 2. The minimum absolute atomic E-state index is 0.0486. The Balaban J connectivity index is 2.20. The molecule has 7 heteroatoms. The van der Waals surface area contributed by atoms with E-state index in [1.807, 2.05) is 13.8 Å². The van der Waals surface area contributed by atoms with Crippen LogP contribution in [0.5, 0.6) is 0 Å². The predicted octanol–water partition coefficient (Wildman–Crippen LogP) is 3.67. The molecule has 0 radical (unpaired) electrons. The first kappa shape index (κ1) is 18.3. The van der Waals surface area contributed by atoms with Crippen molar-refractivity contribution in [1.29, 1.82) is 0 Å². The maximum atomic E-state index is 12.3. The van der Waals surface area contributed by atoms with E-state index in [0.717, 1.165) is 6.42 Å². The Bertz CT molecular complexity index is 823. The normalized spacial score (nSPS) is 12.5. The average molecular weight is 367 g/mol. The Morgan fingerprint density at radius 1 is 1.17 bits per heavy atom. The van der Waals surface area contributed by atoms with Crippen molar-refractivity contribution < 1.29 is 13.2 Å². The van der Waals surface area contributed by atoms with Crippen molar-refractivity contribution in [3.8, 4) is 0 Å². The molecule has 2 aromatic carbocycles. The lowest BCUT2D eigenvalue weighted by Gasteiger charge is -2.13. The maximum absolute atomic E-state index is 12.3. The van der Waals surface area contributed by atoms with Crippen molar-refractivity contribution >= 4 is 33.2 Å². The predicted molar refractivity (Wildman–Crippen MR) is 95.9 cm³/mol. The summed E-state index contributed by atoms with van der Waals surface area (Å²) in [5, 5.41) is 2.99. The summed E-state index contributed by atoms with van der Waals surface area (Å²) in [5.41, 5.74) is 0.601. The van der Waals surface area contributed by atoms with E-state index in [2.05, 4.69) is 10.0 Å². The van der Waals surface area contributed by atoms with Gasteiger partial charge in [-0.1, -0.05) is 36.7 Å². The van der Waals surface area contributed by atoms with E-state index in [-0.39, 0.29) is 27.6 Å². The second kappa shape index (κ2) is 7.68. The molecule has 0 aliphatic rings. The molecule has 0 aliphatic carbocycles. The number of rotatable bonds is 6. The van der Waals surface area contributed by atoms with Gasteiger partial charge in [0.2, 0.25) is 0 Å². The number of amides is 1. The van der Waals surface area contributed by atoms with Crippen LogP contribution < -0.4 is 10.0 Å². The molecule has 0 aliphatic heterocycles. The monoisotopic (exact) mass is 366 g/mol. The van der Waals surface area contributed by atoms with E-state index < -0.39 is 10.0 Å². The topological polar surface area (TPSA) is 75.3 Å². The maximum Gasteiger partial charge on any atom is 0.261 e. The van der Waals surface area contributed by atoms with Gasteiger partial charge in [0.25, 0.3) is 15.9 Å². The number of sulfonamides is 1. The highest BCUT2D eigenvalue weighted by Crippen LogP contribution is 2.26. The lowest BCUT2D eigenvalue weighted by atomic mass is 10.1. The fourth-order valence-corrected chi connectivity index (χ4v) is 3.34. The van der Waals surface area contributed by atoms with Crippen LogP contribution in [0.4, 0.5) is 5.69 Å². The molecule has 1 atom stereocenters. The number of hydrogen-bond acceptors (Lipinski definition) is 3. The van der Waals surface area contributed by atoms with E-state index in [1.165, 1.54) is 30.3 Å². The van der Waals surface area contributed by atoms with Gasteiger partial charge in [0.1, 0.15) is 0 Å². The second-order valence-corrected chi connectivity index (χ2v) is 7.49. The van der Waals surface area contributed by atoms with E-state index in [1.54, 1.807) is 18.2 Å². The van der Waals surface area contributed by atoms with Gasteiger partial charge in [0.15, 0.2) is 0 Å². The fourth-order valence-electron chi connectivity index (χ4n) is 1.95. The molecule has 24 heavy (non-hydrogen) atoms. The second-order valence-electron chi connectivity index (χ2n) is 5.40. The molecule has 128 valence electrons. The van der Waals surface area contributed by atoms with Crippen molar-refractivity contribution in [1.82, 2.24) is 5.32 Å². The van der Waals surface area contributed by atoms with Crippen LogP contribution in [-0.4, -0.2) is 20.4 Å². The third-order valence-corrected chi connectivity index (χ3v) is 5.21. The van der Waals surface area contributed by atoms with Gasteiger partial charge in [-0.25, -0.2) is 8.42 Å². The zero-order valence-electron chi connectivity index (χ0n) is 13.4. The molecule has 0 fully saturated rings. The molecule has 2 N–H and O–H groups in total. The SMILES string of the molecule is CC[C@@H](C)NC(=O)c1ccc(NS(=O)(=O)c2ccccc2)c(Cl)c1. The molecular weight excluding hydrogens is 348 g/mol. The van der Waals surface area contributed by atoms with Crippen LogP contribution in [0, 0.1) is 0 Å². The molecule has 0 spiro atoms. The Labute approximate surface area is 147 Å². The summed E-state index contributed by atoms with van der Waals surface area (Å²) in [6, 6.07) is 12.5. The van der Waals surface area contributed by atoms with Crippen LogP contribution in [0.3, 0.4) is 0 Å². The molecule has 0 unspecified atom stereocenters. The minimum Gasteiger partial charge on any atom is -0.350 e. The number of benzene rings is 2. The smallest absolute Gasteiger partial charge is 0.261 e. The molecule has 0 heterocycles. The molecule has 1 amide bonds. The zero-order chi connectivity index (χ0) is 17.7. The Kier molecular flexibility index (Phi) is 5.85. The first-order chi connectivity index (χ1) is 11.3. The van der Waals surface area contributed by atoms with Crippen LogP contribution >= 0.6 is 11.6 Å². The highest BCUT2D eigenvalue weighted by atomic mass is 35.5. The molecule has 0 saturated carbocycles. The lowest BCUT2D eigenvalue weighted by molar-refractivity contribution is 0.0939. The van der Waals surface area contributed by atoms with Gasteiger partial charge >= 0.3 is 0 Å². The van der Waals surface area contributed by atoms with Gasteiger partial charge in [0, 0.05) is 11.6 Å². The summed E-state index contributed by atoms with van der Waals surface area (Å²) in [6.45, 7) is 3.88. The largest absolute Gasteiger partial charge is 0.350 e. The summed E-state index contributed by atoms with van der Waals surface area (Å²) in [6.07, 6.45) is 0.814. The van der Waals surface area contributed by atoms with Crippen LogP contribution in [0.2, 0.25) is 5.02 Å². The van der Waals surface area contributed by atoms with Crippen LogP contribution in [0.25, 0.3) is 0 Å². The van der Waals surface area contributed by atoms with Gasteiger partial charge in [-0.3, -0.25) is 9.52 Å². The van der Waals surface area contributed by atoms with E-state index in [4.69, 9.17) is 11.6 Å². The summed E-state index contributed by atoms with van der Waals surface area (Å²) in [7, 11) is -3.73. The number of hydrogen-bond donors (Lipinski definition) is 2. The van der Waals surface area contributed by atoms with Crippen molar-refractivity contribution in [2.24, 2.45) is 0 Å². The first-order valence-electron chi connectivity index (χ1n) is 7.51. The molecule has 0 saturated heterocycles. The Morgan fingerprint density at radius 3 is 2.42 bits per heavy atom. The van der Waals surface area contributed by atoms with Gasteiger partial charge in [0.05, 0.1) is 15.6 Å². The Morgan fingerprint density at radius 2 is 1.83 bits per heavy atom. The third-order valence-electron chi connectivity index (χ3n) is 3.52. The standard InChI is InChI=1S/C17H19ClN2O3S/c1-3-12(2)19-17(21)13-9-10-16(15(18)11-13)20-24(22,23)14-7-5-4-6-8-14/h4-12,20H,3H2,1-2H3,(H,19,21)/t12-/m1/s1. The van der Waals surface area contributed by atoms with E-state index in [9.17, 15) is 13.2 Å². The van der Waals surface area contributed by atoms with Crippen molar-refractivity contribution in [3.05, 3.63) is 59.1 Å². The average Bonchev–Trinajstić information content (AvgIpc) is 2.57. The first-order valence-corrected chi connectivity index (χ1v) is 9.38. The molecule has 5 nitrogen and oxygen atoms in total. The van der Waals surface area contributed by atoms with Gasteiger partial charge < -0.3 is 5.32 Å².